The van der Waals surface area contributed by atoms with Crippen molar-refractivity contribution in [3.63, 3.8) is 0 Å². The zero-order chi connectivity index (χ0) is 14.4. The van der Waals surface area contributed by atoms with Gasteiger partial charge >= 0.3 is 0 Å². The van der Waals surface area contributed by atoms with Crippen LogP contribution >= 0.6 is 0 Å². The Labute approximate surface area is 119 Å². The minimum atomic E-state index is 0.0405. The van der Waals surface area contributed by atoms with Crippen molar-refractivity contribution in [2.45, 2.75) is 26.5 Å². The van der Waals surface area contributed by atoms with Crippen LogP contribution in [0.4, 0.5) is 0 Å². The largest absolute Gasteiger partial charge is 0.456 e. The van der Waals surface area contributed by atoms with E-state index < -0.39 is 0 Å². The molecule has 0 saturated carbocycles. The zero-order valence-corrected chi connectivity index (χ0v) is 11.8. The van der Waals surface area contributed by atoms with Crippen molar-refractivity contribution in [1.29, 1.82) is 0 Å². The lowest BCUT2D eigenvalue weighted by atomic mass is 10.2. The maximum atomic E-state index is 8.99. The van der Waals surface area contributed by atoms with Crippen LogP contribution in [0.25, 0.3) is 0 Å². The first-order valence-corrected chi connectivity index (χ1v) is 6.80. The van der Waals surface area contributed by atoms with Gasteiger partial charge in [0.15, 0.2) is 0 Å². The van der Waals surface area contributed by atoms with Gasteiger partial charge in [0.2, 0.25) is 0 Å². The van der Waals surface area contributed by atoms with Crippen molar-refractivity contribution >= 4 is 0 Å². The lowest BCUT2D eigenvalue weighted by Gasteiger charge is -2.12. The van der Waals surface area contributed by atoms with Gasteiger partial charge in [-0.05, 0) is 43.3 Å². The molecule has 4 heteroatoms. The quantitative estimate of drug-likeness (QED) is 0.848. The Morgan fingerprint density at radius 2 is 1.85 bits per heavy atom. The number of aromatic nitrogens is 1. The van der Waals surface area contributed by atoms with Crippen LogP contribution in [0.3, 0.4) is 0 Å². The minimum absolute atomic E-state index is 0.0405. The monoisotopic (exact) mass is 272 g/mol. The Morgan fingerprint density at radius 3 is 2.40 bits per heavy atom. The van der Waals surface area contributed by atoms with Crippen molar-refractivity contribution in [2.75, 3.05) is 6.54 Å². The first-order chi connectivity index (χ1) is 9.72. The third-order valence-electron chi connectivity index (χ3n) is 3.05. The van der Waals surface area contributed by atoms with Crippen molar-refractivity contribution in [3.8, 4) is 11.5 Å². The summed E-state index contributed by atoms with van der Waals surface area (Å²) in [4.78, 5) is 4.40. The van der Waals surface area contributed by atoms with E-state index in [9.17, 15) is 0 Å². The van der Waals surface area contributed by atoms with Gasteiger partial charge < -0.3 is 15.2 Å². The first kappa shape index (κ1) is 14.5. The molecule has 2 rings (SSSR count). The topological polar surface area (TPSA) is 54.4 Å². The molecule has 106 valence electrons. The standard InChI is InChI=1S/C16H20N2O2/c1-3-17-12(2)16-9-8-15(10-18-16)20-14-6-4-13(11-19)5-7-14/h4-10,12,17,19H,3,11H2,1-2H3. The molecule has 2 N–H and O–H groups in total. The van der Waals surface area contributed by atoms with E-state index in [1.807, 2.05) is 36.4 Å². The van der Waals surface area contributed by atoms with Crippen molar-refractivity contribution < 1.29 is 9.84 Å². The molecule has 0 aliphatic rings. The van der Waals surface area contributed by atoms with E-state index in [4.69, 9.17) is 9.84 Å². The van der Waals surface area contributed by atoms with Crippen LogP contribution in [0.15, 0.2) is 42.6 Å². The van der Waals surface area contributed by atoms with Gasteiger partial charge in [-0.1, -0.05) is 19.1 Å². The summed E-state index contributed by atoms with van der Waals surface area (Å²) < 4.78 is 5.71. The summed E-state index contributed by atoms with van der Waals surface area (Å²) >= 11 is 0. The molecule has 1 aromatic carbocycles. The summed E-state index contributed by atoms with van der Waals surface area (Å²) in [6, 6.07) is 11.5. The van der Waals surface area contributed by atoms with E-state index >= 15 is 0 Å². The van der Waals surface area contributed by atoms with E-state index in [2.05, 4.69) is 24.1 Å². The molecule has 1 unspecified atom stereocenters. The molecule has 1 atom stereocenters. The second kappa shape index (κ2) is 7.03. The highest BCUT2D eigenvalue weighted by Crippen LogP contribution is 2.22. The molecule has 0 radical (unpaired) electrons. The molecule has 0 amide bonds. The number of nitrogens with zero attached hydrogens (tertiary/aromatic N) is 1. The predicted octanol–water partition coefficient (Wildman–Crippen LogP) is 3.04. The molecule has 0 aliphatic heterocycles. The number of aliphatic hydroxyl groups excluding tert-OH is 1. The van der Waals surface area contributed by atoms with Crippen LogP contribution in [0.2, 0.25) is 0 Å². The van der Waals surface area contributed by atoms with Crippen LogP contribution in [-0.4, -0.2) is 16.6 Å². The van der Waals surface area contributed by atoms with Crippen molar-refractivity contribution in [2.24, 2.45) is 0 Å². The highest BCUT2D eigenvalue weighted by molar-refractivity contribution is 5.32. The number of ether oxygens (including phenoxy) is 1. The molecule has 4 nitrogen and oxygen atoms in total. The van der Waals surface area contributed by atoms with Crippen LogP contribution in [0.5, 0.6) is 11.5 Å². The number of aliphatic hydroxyl groups is 1. The van der Waals surface area contributed by atoms with E-state index in [1.54, 1.807) is 6.20 Å². The zero-order valence-electron chi connectivity index (χ0n) is 11.8. The smallest absolute Gasteiger partial charge is 0.145 e. The lowest BCUT2D eigenvalue weighted by molar-refractivity contribution is 0.281. The van der Waals surface area contributed by atoms with E-state index in [-0.39, 0.29) is 12.6 Å². The third kappa shape index (κ3) is 3.79. The Morgan fingerprint density at radius 1 is 1.15 bits per heavy atom. The summed E-state index contributed by atoms with van der Waals surface area (Å²) in [7, 11) is 0. The van der Waals surface area contributed by atoms with Crippen LogP contribution in [-0.2, 0) is 6.61 Å². The molecular formula is C16H20N2O2. The van der Waals surface area contributed by atoms with Gasteiger partial charge in [-0.3, -0.25) is 4.98 Å². The summed E-state index contributed by atoms with van der Waals surface area (Å²) in [6.07, 6.45) is 1.73. The fourth-order valence-electron chi connectivity index (χ4n) is 1.92. The molecule has 1 heterocycles. The molecule has 1 aromatic heterocycles. The van der Waals surface area contributed by atoms with E-state index in [0.717, 1.165) is 23.6 Å². The van der Waals surface area contributed by atoms with Crippen LogP contribution < -0.4 is 10.1 Å². The SMILES string of the molecule is CCNC(C)c1ccc(Oc2ccc(CO)cc2)cn1. The molecule has 0 spiro atoms. The fourth-order valence-corrected chi connectivity index (χ4v) is 1.92. The van der Waals surface area contributed by atoms with E-state index in [0.29, 0.717) is 5.75 Å². The molecule has 0 fully saturated rings. The van der Waals surface area contributed by atoms with Gasteiger partial charge in [0, 0.05) is 6.04 Å². The normalized spacial score (nSPS) is 12.2. The summed E-state index contributed by atoms with van der Waals surface area (Å²) in [5.41, 5.74) is 1.86. The average molecular weight is 272 g/mol. The number of pyridine rings is 1. The summed E-state index contributed by atoms with van der Waals surface area (Å²) in [5, 5.41) is 12.3. The van der Waals surface area contributed by atoms with Gasteiger partial charge in [0.05, 0.1) is 18.5 Å². The molecule has 20 heavy (non-hydrogen) atoms. The third-order valence-corrected chi connectivity index (χ3v) is 3.05. The first-order valence-electron chi connectivity index (χ1n) is 6.80. The number of hydrogen-bond donors (Lipinski definition) is 2. The summed E-state index contributed by atoms with van der Waals surface area (Å²) in [6.45, 7) is 5.11. The van der Waals surface area contributed by atoms with Gasteiger partial charge in [-0.15, -0.1) is 0 Å². The van der Waals surface area contributed by atoms with Gasteiger partial charge in [0.25, 0.3) is 0 Å². The highest BCUT2D eigenvalue weighted by Gasteiger charge is 2.05. The number of hydrogen-bond acceptors (Lipinski definition) is 4. The van der Waals surface area contributed by atoms with Crippen molar-refractivity contribution in [3.05, 3.63) is 53.9 Å². The second-order valence-electron chi connectivity index (χ2n) is 4.60. The number of rotatable bonds is 6. The van der Waals surface area contributed by atoms with Crippen molar-refractivity contribution in [1.82, 2.24) is 10.3 Å². The Bertz CT molecular complexity index is 523. The Balaban J connectivity index is 2.02. The summed E-state index contributed by atoms with van der Waals surface area (Å²) in [5.74, 6) is 1.44. The van der Waals surface area contributed by atoms with Gasteiger partial charge in [-0.25, -0.2) is 0 Å². The molecule has 0 aliphatic carbocycles. The second-order valence-corrected chi connectivity index (χ2v) is 4.60. The number of nitrogens with one attached hydrogen (secondary N) is 1. The molecule has 2 aromatic rings. The lowest BCUT2D eigenvalue weighted by Crippen LogP contribution is -2.18. The van der Waals surface area contributed by atoms with Crippen LogP contribution in [0, 0.1) is 0 Å². The number of benzene rings is 1. The van der Waals surface area contributed by atoms with E-state index in [1.165, 1.54) is 0 Å². The molecule has 0 bridgehead atoms. The Kier molecular flexibility index (Phi) is 5.09. The minimum Gasteiger partial charge on any atom is -0.456 e. The Hall–Kier alpha value is -1.91. The van der Waals surface area contributed by atoms with Crippen LogP contribution in [0.1, 0.15) is 31.1 Å². The maximum Gasteiger partial charge on any atom is 0.145 e. The maximum absolute atomic E-state index is 8.99. The highest BCUT2D eigenvalue weighted by atomic mass is 16.5. The van der Waals surface area contributed by atoms with Gasteiger partial charge in [-0.2, -0.15) is 0 Å². The fraction of sp³-hybridized carbons (Fsp3) is 0.312. The predicted molar refractivity (Wildman–Crippen MR) is 78.8 cm³/mol. The molecule has 0 saturated heterocycles. The van der Waals surface area contributed by atoms with Gasteiger partial charge in [0.1, 0.15) is 11.5 Å². The molecular weight excluding hydrogens is 252 g/mol. The average Bonchev–Trinajstić information content (AvgIpc) is 2.49.